The fourth-order valence-corrected chi connectivity index (χ4v) is 2.56. The number of nitrogens with zero attached hydrogens (tertiary/aromatic N) is 4. The number of nitrogen functional groups attached to an aromatic ring is 1. The molecule has 0 spiro atoms. The number of nitrogens with two attached hydrogens (primary N) is 1. The molecule has 1 aromatic rings. The minimum atomic E-state index is 0.384. The van der Waals surface area contributed by atoms with Crippen LogP contribution in [0.4, 0.5) is 11.6 Å². The zero-order valence-corrected chi connectivity index (χ0v) is 13.2. The Bertz CT molecular complexity index is 447. The Morgan fingerprint density at radius 3 is 2.62 bits per heavy atom. The van der Waals surface area contributed by atoms with Crippen molar-refractivity contribution in [2.24, 2.45) is 5.84 Å². The highest BCUT2D eigenvalue weighted by molar-refractivity contribution is 5.49. The normalized spacial score (nSPS) is 17.8. The lowest BCUT2D eigenvalue weighted by Crippen LogP contribution is -2.49. The van der Waals surface area contributed by atoms with Crippen molar-refractivity contribution in [3.63, 3.8) is 0 Å². The number of hydrogen-bond acceptors (Lipinski definition) is 7. The van der Waals surface area contributed by atoms with Crippen LogP contribution in [-0.4, -0.2) is 54.2 Å². The van der Waals surface area contributed by atoms with Crippen LogP contribution in [-0.2, 0) is 11.3 Å². The molecule has 0 aliphatic carbocycles. The maximum Gasteiger partial charge on any atom is 0.158 e. The summed E-state index contributed by atoms with van der Waals surface area (Å²) in [5.74, 6) is 7.66. The summed E-state index contributed by atoms with van der Waals surface area (Å²) in [7, 11) is 1.64. The van der Waals surface area contributed by atoms with Crippen molar-refractivity contribution in [1.29, 1.82) is 0 Å². The van der Waals surface area contributed by atoms with Crippen LogP contribution in [0.3, 0.4) is 0 Å². The average Bonchev–Trinajstić information content (AvgIpc) is 2.54. The number of hydrogen-bond donors (Lipinski definition) is 2. The van der Waals surface area contributed by atoms with Crippen LogP contribution in [0.1, 0.15) is 26.1 Å². The minimum Gasteiger partial charge on any atom is -0.377 e. The second kappa shape index (κ2) is 7.53. The second-order valence-corrected chi connectivity index (χ2v) is 5.39. The van der Waals surface area contributed by atoms with Gasteiger partial charge in [-0.25, -0.2) is 15.8 Å². The third-order valence-corrected chi connectivity index (χ3v) is 4.03. The molecule has 1 fully saturated rings. The molecule has 1 atom stereocenters. The van der Waals surface area contributed by atoms with Crippen LogP contribution in [0, 0.1) is 0 Å². The van der Waals surface area contributed by atoms with Crippen LogP contribution in [0.15, 0.2) is 6.07 Å². The molecule has 0 amide bonds. The highest BCUT2D eigenvalue weighted by atomic mass is 16.5. The fourth-order valence-electron chi connectivity index (χ4n) is 2.56. The number of nitrogens with one attached hydrogen (secondary N) is 1. The molecule has 0 aromatic carbocycles. The first-order chi connectivity index (χ1) is 10.2. The molecule has 1 aromatic heterocycles. The fraction of sp³-hybridized carbons (Fsp3) is 0.714. The van der Waals surface area contributed by atoms with Gasteiger partial charge in [-0.1, -0.05) is 6.92 Å². The predicted octanol–water partition coefficient (Wildman–Crippen LogP) is 0.829. The monoisotopic (exact) mass is 294 g/mol. The molecule has 7 heteroatoms. The predicted molar refractivity (Wildman–Crippen MR) is 84.1 cm³/mol. The summed E-state index contributed by atoms with van der Waals surface area (Å²) in [6.45, 7) is 8.96. The zero-order valence-electron chi connectivity index (χ0n) is 13.2. The summed E-state index contributed by atoms with van der Waals surface area (Å²) in [5, 5.41) is 0. The summed E-state index contributed by atoms with van der Waals surface area (Å²) in [4.78, 5) is 13.6. The molecule has 1 saturated heterocycles. The van der Waals surface area contributed by atoms with Crippen LogP contribution >= 0.6 is 0 Å². The lowest BCUT2D eigenvalue weighted by Gasteiger charge is -2.38. The van der Waals surface area contributed by atoms with Crippen molar-refractivity contribution in [1.82, 2.24) is 14.9 Å². The van der Waals surface area contributed by atoms with Crippen LogP contribution in [0.5, 0.6) is 0 Å². The van der Waals surface area contributed by atoms with Crippen LogP contribution in [0.2, 0.25) is 0 Å². The van der Waals surface area contributed by atoms with Gasteiger partial charge in [0.05, 0.1) is 0 Å². The summed E-state index contributed by atoms with van der Waals surface area (Å²) in [6.07, 6.45) is 1.19. The Morgan fingerprint density at radius 2 is 2.05 bits per heavy atom. The molecule has 7 nitrogen and oxygen atoms in total. The van der Waals surface area contributed by atoms with E-state index in [4.69, 9.17) is 10.6 Å². The highest BCUT2D eigenvalue weighted by Crippen LogP contribution is 2.19. The van der Waals surface area contributed by atoms with E-state index in [-0.39, 0.29) is 0 Å². The van der Waals surface area contributed by atoms with E-state index in [1.807, 2.05) is 6.07 Å². The number of rotatable bonds is 6. The zero-order chi connectivity index (χ0) is 15.2. The van der Waals surface area contributed by atoms with Gasteiger partial charge in [-0.2, -0.15) is 0 Å². The summed E-state index contributed by atoms with van der Waals surface area (Å²) in [5.41, 5.74) is 2.60. The van der Waals surface area contributed by atoms with E-state index in [2.05, 4.69) is 39.0 Å². The molecular weight excluding hydrogens is 268 g/mol. The molecule has 21 heavy (non-hydrogen) atoms. The quantitative estimate of drug-likeness (QED) is 0.594. The van der Waals surface area contributed by atoms with E-state index in [9.17, 15) is 0 Å². The third kappa shape index (κ3) is 4.03. The van der Waals surface area contributed by atoms with Crippen molar-refractivity contribution in [3.05, 3.63) is 11.9 Å². The Kier molecular flexibility index (Phi) is 5.72. The number of methoxy groups -OCH3 is 1. The Balaban J connectivity index is 2.07. The Hall–Kier alpha value is -1.44. The Labute approximate surface area is 126 Å². The summed E-state index contributed by atoms with van der Waals surface area (Å²) in [6, 6.07) is 2.53. The number of piperazine rings is 1. The standard InChI is InChI=1S/C14H26N6O/c1-4-11(2)19-5-7-20(8-6-19)14-9-12(18-15)16-13(17-14)10-21-3/h9,11H,4-8,10,15H2,1-3H3,(H,16,17,18). The smallest absolute Gasteiger partial charge is 0.158 e. The van der Waals surface area contributed by atoms with E-state index >= 15 is 0 Å². The van der Waals surface area contributed by atoms with Gasteiger partial charge in [-0.15, -0.1) is 0 Å². The maximum atomic E-state index is 5.49. The van der Waals surface area contributed by atoms with Gasteiger partial charge >= 0.3 is 0 Å². The molecule has 1 aliphatic heterocycles. The molecule has 1 unspecified atom stereocenters. The Morgan fingerprint density at radius 1 is 1.33 bits per heavy atom. The molecule has 2 heterocycles. The summed E-state index contributed by atoms with van der Waals surface area (Å²) >= 11 is 0. The SMILES string of the molecule is CCC(C)N1CCN(c2cc(NN)nc(COC)n2)CC1. The highest BCUT2D eigenvalue weighted by Gasteiger charge is 2.21. The van der Waals surface area contributed by atoms with Crippen LogP contribution < -0.4 is 16.2 Å². The molecule has 118 valence electrons. The topological polar surface area (TPSA) is 79.5 Å². The van der Waals surface area contributed by atoms with E-state index in [0.717, 1.165) is 32.0 Å². The number of aromatic nitrogens is 2. The molecule has 0 bridgehead atoms. The van der Waals surface area contributed by atoms with Crippen molar-refractivity contribution in [2.75, 3.05) is 43.6 Å². The first-order valence-corrected chi connectivity index (χ1v) is 7.50. The lowest BCUT2D eigenvalue weighted by atomic mass is 10.2. The molecule has 3 N–H and O–H groups in total. The minimum absolute atomic E-state index is 0.384. The van der Waals surface area contributed by atoms with Gasteiger partial charge in [0.1, 0.15) is 18.2 Å². The molecule has 0 radical (unpaired) electrons. The van der Waals surface area contributed by atoms with E-state index < -0.39 is 0 Å². The average molecular weight is 294 g/mol. The second-order valence-electron chi connectivity index (χ2n) is 5.39. The van der Waals surface area contributed by atoms with E-state index in [1.54, 1.807) is 7.11 Å². The van der Waals surface area contributed by atoms with Crippen LogP contribution in [0.25, 0.3) is 0 Å². The molecular formula is C14H26N6O. The van der Waals surface area contributed by atoms with Gasteiger partial charge in [0.15, 0.2) is 5.82 Å². The maximum absolute atomic E-state index is 5.49. The van der Waals surface area contributed by atoms with Crippen molar-refractivity contribution in [3.8, 4) is 0 Å². The van der Waals surface area contributed by atoms with Crippen molar-refractivity contribution in [2.45, 2.75) is 32.9 Å². The molecule has 2 rings (SSSR count). The first kappa shape index (κ1) is 15.9. The molecule has 0 saturated carbocycles. The number of ether oxygens (including phenoxy) is 1. The van der Waals surface area contributed by atoms with Crippen molar-refractivity contribution >= 4 is 11.6 Å². The lowest BCUT2D eigenvalue weighted by molar-refractivity contribution is 0.177. The number of anilines is 2. The summed E-state index contributed by atoms with van der Waals surface area (Å²) < 4.78 is 5.11. The van der Waals surface area contributed by atoms with Gasteiger partial charge < -0.3 is 15.1 Å². The number of hydrazine groups is 1. The van der Waals surface area contributed by atoms with E-state index in [0.29, 0.717) is 24.3 Å². The third-order valence-electron chi connectivity index (χ3n) is 4.03. The van der Waals surface area contributed by atoms with Gasteiger partial charge in [-0.05, 0) is 13.3 Å². The largest absolute Gasteiger partial charge is 0.377 e. The van der Waals surface area contributed by atoms with Gasteiger partial charge in [-0.3, -0.25) is 4.90 Å². The first-order valence-electron chi connectivity index (χ1n) is 7.50. The van der Waals surface area contributed by atoms with Crippen molar-refractivity contribution < 1.29 is 4.74 Å². The van der Waals surface area contributed by atoms with Gasteiger partial charge in [0.2, 0.25) is 0 Å². The van der Waals surface area contributed by atoms with Gasteiger partial charge in [0.25, 0.3) is 0 Å². The molecule has 1 aliphatic rings. The van der Waals surface area contributed by atoms with Gasteiger partial charge in [0, 0.05) is 45.4 Å². The van der Waals surface area contributed by atoms with E-state index in [1.165, 1.54) is 6.42 Å².